The molecule has 0 saturated carbocycles. The zero-order valence-electron chi connectivity index (χ0n) is 17.0. The molecule has 0 bridgehead atoms. The SMILES string of the molecule is CCN(C)C(=O)c1ccccc1NC(=O)c1ccccc1-c1ccc(C(F)(F)F)cc1. The fourth-order valence-electron chi connectivity index (χ4n) is 3.09. The van der Waals surface area contributed by atoms with Crippen molar-refractivity contribution in [2.75, 3.05) is 18.9 Å². The van der Waals surface area contributed by atoms with E-state index < -0.39 is 17.6 Å². The number of hydrogen-bond acceptors (Lipinski definition) is 2. The van der Waals surface area contributed by atoms with Crippen LogP contribution < -0.4 is 5.32 Å². The van der Waals surface area contributed by atoms with Crippen LogP contribution in [0.1, 0.15) is 33.2 Å². The summed E-state index contributed by atoms with van der Waals surface area (Å²) < 4.78 is 38.6. The monoisotopic (exact) mass is 426 g/mol. The summed E-state index contributed by atoms with van der Waals surface area (Å²) in [4.78, 5) is 27.2. The summed E-state index contributed by atoms with van der Waals surface area (Å²) >= 11 is 0. The minimum absolute atomic E-state index is 0.227. The van der Waals surface area contributed by atoms with Crippen LogP contribution in [0, 0.1) is 0 Å². The van der Waals surface area contributed by atoms with Gasteiger partial charge in [-0.05, 0) is 48.4 Å². The molecule has 2 amide bonds. The summed E-state index contributed by atoms with van der Waals surface area (Å²) in [5.41, 5.74) is 1.21. The Balaban J connectivity index is 1.93. The molecule has 3 aromatic carbocycles. The number of anilines is 1. The molecule has 0 unspecified atom stereocenters. The molecule has 7 heteroatoms. The number of nitrogens with one attached hydrogen (secondary N) is 1. The van der Waals surface area contributed by atoms with Crippen molar-refractivity contribution < 1.29 is 22.8 Å². The van der Waals surface area contributed by atoms with E-state index in [-0.39, 0.29) is 11.5 Å². The molecule has 4 nitrogen and oxygen atoms in total. The number of halogens is 3. The number of para-hydroxylation sites is 1. The fourth-order valence-corrected chi connectivity index (χ4v) is 3.09. The van der Waals surface area contributed by atoms with Crippen molar-refractivity contribution in [2.45, 2.75) is 13.1 Å². The molecule has 3 aromatic rings. The van der Waals surface area contributed by atoms with Crippen molar-refractivity contribution in [2.24, 2.45) is 0 Å². The highest BCUT2D eigenvalue weighted by Crippen LogP contribution is 2.32. The maximum absolute atomic E-state index is 13.0. The first-order valence-corrected chi connectivity index (χ1v) is 9.65. The lowest BCUT2D eigenvalue weighted by Gasteiger charge is -2.18. The van der Waals surface area contributed by atoms with Gasteiger partial charge in [0.2, 0.25) is 0 Å². The van der Waals surface area contributed by atoms with Gasteiger partial charge in [-0.25, -0.2) is 0 Å². The first-order chi connectivity index (χ1) is 14.7. The van der Waals surface area contributed by atoms with E-state index in [2.05, 4.69) is 5.32 Å². The second-order valence-electron chi connectivity index (χ2n) is 6.94. The lowest BCUT2D eigenvalue weighted by molar-refractivity contribution is -0.137. The van der Waals surface area contributed by atoms with Gasteiger partial charge in [-0.3, -0.25) is 9.59 Å². The van der Waals surface area contributed by atoms with Crippen molar-refractivity contribution in [3.05, 3.63) is 89.5 Å². The standard InChI is InChI=1S/C24H21F3N2O2/c1-3-29(2)23(31)20-10-6-7-11-21(20)28-22(30)19-9-5-4-8-18(19)16-12-14-17(15-13-16)24(25,26)27/h4-15H,3H2,1-2H3,(H,28,30). The van der Waals surface area contributed by atoms with Crippen LogP contribution in [0.3, 0.4) is 0 Å². The summed E-state index contributed by atoms with van der Waals surface area (Å²) in [5.74, 6) is -0.690. The molecule has 0 fully saturated rings. The van der Waals surface area contributed by atoms with Crippen LogP contribution >= 0.6 is 0 Å². The third kappa shape index (κ3) is 4.94. The molecule has 0 atom stereocenters. The smallest absolute Gasteiger partial charge is 0.342 e. The van der Waals surface area contributed by atoms with Crippen LogP contribution in [0.5, 0.6) is 0 Å². The molecule has 0 heterocycles. The number of benzene rings is 3. The van der Waals surface area contributed by atoms with Crippen LogP contribution in [-0.2, 0) is 6.18 Å². The molecular weight excluding hydrogens is 405 g/mol. The molecule has 0 radical (unpaired) electrons. The molecule has 0 saturated heterocycles. The number of rotatable bonds is 5. The van der Waals surface area contributed by atoms with Gasteiger partial charge >= 0.3 is 6.18 Å². The highest BCUT2D eigenvalue weighted by atomic mass is 19.4. The molecule has 160 valence electrons. The summed E-state index contributed by atoms with van der Waals surface area (Å²) in [6.07, 6.45) is -4.43. The Morgan fingerprint density at radius 1 is 0.871 bits per heavy atom. The maximum atomic E-state index is 13.0. The Labute approximate surface area is 178 Å². The van der Waals surface area contributed by atoms with Gasteiger partial charge in [-0.15, -0.1) is 0 Å². The lowest BCUT2D eigenvalue weighted by atomic mass is 9.98. The number of alkyl halides is 3. The van der Waals surface area contributed by atoms with Gasteiger partial charge < -0.3 is 10.2 Å². The van der Waals surface area contributed by atoms with E-state index in [1.165, 1.54) is 17.0 Å². The van der Waals surface area contributed by atoms with Crippen molar-refractivity contribution in [1.82, 2.24) is 4.90 Å². The predicted molar refractivity (Wildman–Crippen MR) is 114 cm³/mol. The van der Waals surface area contributed by atoms with Crippen molar-refractivity contribution >= 4 is 17.5 Å². The molecular formula is C24H21F3N2O2. The first kappa shape index (κ1) is 22.1. The second-order valence-corrected chi connectivity index (χ2v) is 6.94. The summed E-state index contributed by atoms with van der Waals surface area (Å²) in [6, 6.07) is 18.0. The van der Waals surface area contributed by atoms with Crippen LogP contribution in [0.25, 0.3) is 11.1 Å². The van der Waals surface area contributed by atoms with Gasteiger partial charge in [-0.2, -0.15) is 13.2 Å². The van der Waals surface area contributed by atoms with Gasteiger partial charge in [0.05, 0.1) is 16.8 Å². The quantitative estimate of drug-likeness (QED) is 0.568. The van der Waals surface area contributed by atoms with E-state index in [1.807, 2.05) is 6.92 Å². The van der Waals surface area contributed by atoms with Crippen molar-refractivity contribution in [3.63, 3.8) is 0 Å². The van der Waals surface area contributed by atoms with Gasteiger partial charge in [0, 0.05) is 19.2 Å². The Kier molecular flexibility index (Phi) is 6.44. The normalized spacial score (nSPS) is 11.1. The summed E-state index contributed by atoms with van der Waals surface area (Å²) in [7, 11) is 1.67. The maximum Gasteiger partial charge on any atom is 0.416 e. The van der Waals surface area contributed by atoms with E-state index in [4.69, 9.17) is 0 Å². The number of carbonyl (C=O) groups is 2. The molecule has 1 N–H and O–H groups in total. The highest BCUT2D eigenvalue weighted by Gasteiger charge is 2.30. The topological polar surface area (TPSA) is 49.4 Å². The summed E-state index contributed by atoms with van der Waals surface area (Å²) in [6.45, 7) is 2.36. The molecule has 0 spiro atoms. The van der Waals surface area contributed by atoms with E-state index in [9.17, 15) is 22.8 Å². The van der Waals surface area contributed by atoms with Gasteiger partial charge in [-0.1, -0.05) is 42.5 Å². The van der Waals surface area contributed by atoms with Crippen molar-refractivity contribution in [1.29, 1.82) is 0 Å². The highest BCUT2D eigenvalue weighted by molar-refractivity contribution is 6.11. The largest absolute Gasteiger partial charge is 0.416 e. The predicted octanol–water partition coefficient (Wildman–Crippen LogP) is 5.72. The average Bonchev–Trinajstić information content (AvgIpc) is 2.78. The molecule has 0 aromatic heterocycles. The zero-order valence-corrected chi connectivity index (χ0v) is 17.0. The second kappa shape index (κ2) is 9.04. The Bertz CT molecular complexity index is 1090. The molecule has 31 heavy (non-hydrogen) atoms. The number of hydrogen-bond donors (Lipinski definition) is 1. The molecule has 0 aliphatic carbocycles. The lowest BCUT2D eigenvalue weighted by Crippen LogP contribution is -2.27. The fraction of sp³-hybridized carbons (Fsp3) is 0.167. The Morgan fingerprint density at radius 2 is 1.45 bits per heavy atom. The third-order valence-corrected chi connectivity index (χ3v) is 4.92. The van der Waals surface area contributed by atoms with Crippen molar-refractivity contribution in [3.8, 4) is 11.1 Å². The van der Waals surface area contributed by atoms with E-state index >= 15 is 0 Å². The van der Waals surface area contributed by atoms with Crippen LogP contribution in [-0.4, -0.2) is 30.3 Å². The number of amides is 2. The number of nitrogens with zero attached hydrogens (tertiary/aromatic N) is 1. The zero-order chi connectivity index (χ0) is 22.6. The van der Waals surface area contributed by atoms with E-state index in [0.717, 1.165) is 12.1 Å². The molecule has 3 rings (SSSR count). The van der Waals surface area contributed by atoms with Gasteiger partial charge in [0.25, 0.3) is 11.8 Å². The Morgan fingerprint density at radius 3 is 2.06 bits per heavy atom. The Hall–Kier alpha value is -3.61. The average molecular weight is 426 g/mol. The van der Waals surface area contributed by atoms with Gasteiger partial charge in [0.1, 0.15) is 0 Å². The third-order valence-electron chi connectivity index (χ3n) is 4.92. The van der Waals surface area contributed by atoms with Crippen LogP contribution in [0.4, 0.5) is 18.9 Å². The minimum atomic E-state index is -4.43. The first-order valence-electron chi connectivity index (χ1n) is 9.65. The van der Waals surface area contributed by atoms with Crippen LogP contribution in [0.15, 0.2) is 72.8 Å². The molecule has 0 aliphatic rings. The van der Waals surface area contributed by atoms with E-state index in [1.54, 1.807) is 55.6 Å². The summed E-state index contributed by atoms with van der Waals surface area (Å²) in [5, 5.41) is 2.77. The van der Waals surface area contributed by atoms with Gasteiger partial charge in [0.15, 0.2) is 0 Å². The van der Waals surface area contributed by atoms with E-state index in [0.29, 0.717) is 28.9 Å². The number of carbonyl (C=O) groups excluding carboxylic acids is 2. The van der Waals surface area contributed by atoms with Crippen LogP contribution in [0.2, 0.25) is 0 Å². The molecule has 0 aliphatic heterocycles. The minimum Gasteiger partial charge on any atom is -0.342 e.